The van der Waals surface area contributed by atoms with Gasteiger partial charge in [-0.2, -0.15) is 0 Å². The van der Waals surface area contributed by atoms with Crippen LogP contribution in [0.4, 0.5) is 0 Å². The van der Waals surface area contributed by atoms with Gasteiger partial charge in [0.2, 0.25) is 0 Å². The summed E-state index contributed by atoms with van der Waals surface area (Å²) in [5.41, 5.74) is 2.13. The number of benzene rings is 2. The van der Waals surface area contributed by atoms with E-state index in [0.29, 0.717) is 17.0 Å². The van der Waals surface area contributed by atoms with Gasteiger partial charge in [0, 0.05) is 0 Å². The first-order chi connectivity index (χ1) is 10.9. The Labute approximate surface area is 138 Å². The summed E-state index contributed by atoms with van der Waals surface area (Å²) in [6.45, 7) is 7.63. The fourth-order valence-electron chi connectivity index (χ4n) is 2.12. The van der Waals surface area contributed by atoms with Crippen molar-refractivity contribution in [2.75, 3.05) is 0 Å². The van der Waals surface area contributed by atoms with Crippen LogP contribution in [0.15, 0.2) is 48.5 Å². The van der Waals surface area contributed by atoms with Gasteiger partial charge in [-0.3, -0.25) is 9.36 Å². The zero-order valence-electron chi connectivity index (χ0n) is 14.1. The summed E-state index contributed by atoms with van der Waals surface area (Å²) in [5, 5.41) is 1.09. The maximum atomic E-state index is 13.6. The monoisotopic (exact) mass is 330 g/mol. The molecule has 0 radical (unpaired) electrons. The Morgan fingerprint density at radius 1 is 0.957 bits per heavy atom. The maximum absolute atomic E-state index is 13.6. The quantitative estimate of drug-likeness (QED) is 0.775. The van der Waals surface area contributed by atoms with E-state index in [1.165, 1.54) is 0 Å². The van der Waals surface area contributed by atoms with Crippen molar-refractivity contribution in [1.82, 2.24) is 0 Å². The lowest BCUT2D eigenvalue weighted by molar-refractivity contribution is -0.137. The minimum atomic E-state index is -3.44. The molecule has 1 atom stereocenters. The molecule has 0 saturated heterocycles. The molecule has 2 aromatic carbocycles. The molecule has 0 bridgehead atoms. The van der Waals surface area contributed by atoms with Crippen LogP contribution in [0.5, 0.6) is 0 Å². The van der Waals surface area contributed by atoms with Crippen LogP contribution in [-0.2, 0) is 13.9 Å². The SMILES string of the molecule is CCC(C)C(=O)OP(=O)(c1ccc(C)cc1)c1ccc(C)cc1. The number of hydrogen-bond donors (Lipinski definition) is 0. The van der Waals surface area contributed by atoms with Gasteiger partial charge in [0.25, 0.3) is 0 Å². The fraction of sp³-hybridized carbons (Fsp3) is 0.316. The highest BCUT2D eigenvalue weighted by Gasteiger charge is 2.33. The van der Waals surface area contributed by atoms with Gasteiger partial charge in [-0.05, 0) is 44.5 Å². The Bertz CT molecular complexity index is 668. The number of carbonyl (C=O) groups excluding carboxylic acids is 1. The first-order valence-corrected chi connectivity index (χ1v) is 9.47. The Kier molecular flexibility index (Phi) is 5.43. The van der Waals surface area contributed by atoms with Gasteiger partial charge in [0.15, 0.2) is 0 Å². The van der Waals surface area contributed by atoms with E-state index < -0.39 is 13.3 Å². The van der Waals surface area contributed by atoms with Gasteiger partial charge >= 0.3 is 13.3 Å². The third kappa shape index (κ3) is 3.92. The largest absolute Gasteiger partial charge is 0.404 e. The van der Waals surface area contributed by atoms with E-state index in [9.17, 15) is 9.36 Å². The lowest BCUT2D eigenvalue weighted by Gasteiger charge is -2.21. The molecular formula is C19H23O3P. The maximum Gasteiger partial charge on any atom is 0.314 e. The summed E-state index contributed by atoms with van der Waals surface area (Å²) in [6.07, 6.45) is 0.653. The molecule has 0 amide bonds. The molecule has 0 N–H and O–H groups in total. The topological polar surface area (TPSA) is 43.4 Å². The van der Waals surface area contributed by atoms with Crippen molar-refractivity contribution in [2.45, 2.75) is 34.1 Å². The second-order valence-electron chi connectivity index (χ2n) is 5.94. The smallest absolute Gasteiger partial charge is 0.314 e. The van der Waals surface area contributed by atoms with E-state index in [0.717, 1.165) is 11.1 Å². The molecule has 2 rings (SSSR count). The first-order valence-electron chi connectivity index (χ1n) is 7.84. The molecular weight excluding hydrogens is 307 g/mol. The van der Waals surface area contributed by atoms with E-state index in [2.05, 4.69) is 0 Å². The Morgan fingerprint density at radius 3 is 1.70 bits per heavy atom. The zero-order chi connectivity index (χ0) is 17.0. The summed E-state index contributed by atoms with van der Waals surface area (Å²) in [5.74, 6) is -0.698. The van der Waals surface area contributed by atoms with Crippen molar-refractivity contribution in [3.63, 3.8) is 0 Å². The highest BCUT2D eigenvalue weighted by Crippen LogP contribution is 2.45. The molecule has 0 saturated carbocycles. The van der Waals surface area contributed by atoms with Crippen molar-refractivity contribution in [1.29, 1.82) is 0 Å². The lowest BCUT2D eigenvalue weighted by atomic mass is 10.1. The fourth-order valence-corrected chi connectivity index (χ4v) is 4.15. The summed E-state index contributed by atoms with van der Waals surface area (Å²) >= 11 is 0. The number of rotatable bonds is 5. The van der Waals surface area contributed by atoms with E-state index in [4.69, 9.17) is 4.52 Å². The van der Waals surface area contributed by atoms with Crippen molar-refractivity contribution >= 4 is 23.9 Å². The highest BCUT2D eigenvalue weighted by atomic mass is 31.2. The molecule has 0 aliphatic carbocycles. The molecule has 0 fully saturated rings. The van der Waals surface area contributed by atoms with Crippen LogP contribution in [0.25, 0.3) is 0 Å². The second-order valence-corrected chi connectivity index (χ2v) is 8.26. The Hall–Kier alpha value is -1.86. The van der Waals surface area contributed by atoms with E-state index >= 15 is 0 Å². The molecule has 0 spiro atoms. The van der Waals surface area contributed by atoms with Crippen molar-refractivity contribution in [3.8, 4) is 0 Å². The van der Waals surface area contributed by atoms with Crippen LogP contribution in [0.1, 0.15) is 31.4 Å². The molecule has 23 heavy (non-hydrogen) atoms. The molecule has 4 heteroatoms. The van der Waals surface area contributed by atoms with Crippen molar-refractivity contribution in [2.24, 2.45) is 5.92 Å². The Balaban J connectivity index is 2.50. The number of hydrogen-bond acceptors (Lipinski definition) is 3. The van der Waals surface area contributed by atoms with Crippen molar-refractivity contribution in [3.05, 3.63) is 59.7 Å². The number of aryl methyl sites for hydroxylation is 2. The van der Waals surface area contributed by atoms with Crippen LogP contribution in [0.3, 0.4) is 0 Å². The minimum absolute atomic E-state index is 0.278. The third-order valence-electron chi connectivity index (χ3n) is 3.98. The zero-order valence-corrected chi connectivity index (χ0v) is 15.0. The normalized spacial score (nSPS) is 12.7. The van der Waals surface area contributed by atoms with Gasteiger partial charge in [-0.1, -0.05) is 49.2 Å². The lowest BCUT2D eigenvalue weighted by Crippen LogP contribution is -2.23. The molecule has 2 aromatic rings. The van der Waals surface area contributed by atoms with E-state index in [-0.39, 0.29) is 5.92 Å². The second kappa shape index (κ2) is 7.14. The first kappa shape index (κ1) is 17.5. The predicted octanol–water partition coefficient (Wildman–Crippen LogP) is 4.12. The Morgan fingerprint density at radius 2 is 1.35 bits per heavy atom. The van der Waals surface area contributed by atoms with Crippen LogP contribution < -0.4 is 10.6 Å². The van der Waals surface area contributed by atoms with Gasteiger partial charge in [0.05, 0.1) is 16.5 Å². The molecule has 3 nitrogen and oxygen atoms in total. The van der Waals surface area contributed by atoms with E-state index in [1.807, 2.05) is 45.0 Å². The van der Waals surface area contributed by atoms with Crippen LogP contribution in [0.2, 0.25) is 0 Å². The average molecular weight is 330 g/mol. The molecule has 0 aromatic heterocycles. The summed E-state index contributed by atoms with van der Waals surface area (Å²) in [6, 6.07) is 14.6. The minimum Gasteiger partial charge on any atom is -0.404 e. The number of carbonyl (C=O) groups is 1. The highest BCUT2D eigenvalue weighted by molar-refractivity contribution is 7.74. The van der Waals surface area contributed by atoms with E-state index in [1.54, 1.807) is 31.2 Å². The molecule has 0 aliphatic rings. The molecule has 1 unspecified atom stereocenters. The molecule has 122 valence electrons. The average Bonchev–Trinajstić information content (AvgIpc) is 2.55. The molecule has 0 heterocycles. The van der Waals surface area contributed by atoms with Crippen LogP contribution >= 0.6 is 7.37 Å². The summed E-state index contributed by atoms with van der Waals surface area (Å²) in [7, 11) is -3.44. The standard InChI is InChI=1S/C19H23O3P/c1-5-16(4)19(20)22-23(21,17-10-6-14(2)7-11-17)18-12-8-15(3)9-13-18/h6-13,16H,5H2,1-4H3. The summed E-state index contributed by atoms with van der Waals surface area (Å²) < 4.78 is 19.2. The molecule has 0 aliphatic heterocycles. The predicted molar refractivity (Wildman–Crippen MR) is 94.8 cm³/mol. The van der Waals surface area contributed by atoms with Gasteiger partial charge in [-0.15, -0.1) is 0 Å². The van der Waals surface area contributed by atoms with Gasteiger partial charge in [0.1, 0.15) is 0 Å². The summed E-state index contributed by atoms with van der Waals surface area (Å²) in [4.78, 5) is 12.3. The third-order valence-corrected chi connectivity index (χ3v) is 6.37. The van der Waals surface area contributed by atoms with Gasteiger partial charge in [-0.25, -0.2) is 0 Å². The van der Waals surface area contributed by atoms with Crippen molar-refractivity contribution < 1.29 is 13.9 Å². The van der Waals surface area contributed by atoms with Crippen LogP contribution in [0, 0.1) is 19.8 Å². The van der Waals surface area contributed by atoms with Crippen LogP contribution in [-0.4, -0.2) is 5.97 Å². The van der Waals surface area contributed by atoms with Gasteiger partial charge < -0.3 is 4.52 Å².